The summed E-state index contributed by atoms with van der Waals surface area (Å²) in [5.74, 6) is 0.701. The quantitative estimate of drug-likeness (QED) is 0.739. The Labute approximate surface area is 105 Å². The van der Waals surface area contributed by atoms with Gasteiger partial charge in [-0.2, -0.15) is 0 Å². The standard InChI is InChI=1S/C12H13Cl2NO/c1-12(2,3)6-10-15-9-5-7(13)4-8(14)11(9)16-10/h4-5H,6H2,1-3H3. The minimum atomic E-state index is 0.136. The van der Waals surface area contributed by atoms with Crippen LogP contribution in [-0.2, 0) is 6.42 Å². The molecule has 2 aromatic rings. The maximum atomic E-state index is 6.03. The molecule has 0 radical (unpaired) electrons. The van der Waals surface area contributed by atoms with Crippen LogP contribution in [0.25, 0.3) is 11.1 Å². The van der Waals surface area contributed by atoms with Crippen molar-refractivity contribution in [2.45, 2.75) is 27.2 Å². The molecule has 0 fully saturated rings. The highest BCUT2D eigenvalue weighted by molar-refractivity contribution is 6.37. The molecule has 1 heterocycles. The van der Waals surface area contributed by atoms with Gasteiger partial charge in [0.25, 0.3) is 0 Å². The van der Waals surface area contributed by atoms with Crippen LogP contribution in [0.2, 0.25) is 10.0 Å². The number of rotatable bonds is 1. The minimum Gasteiger partial charge on any atom is -0.439 e. The summed E-state index contributed by atoms with van der Waals surface area (Å²) in [7, 11) is 0. The molecule has 0 aliphatic heterocycles. The molecule has 0 bridgehead atoms. The third-order valence-electron chi connectivity index (χ3n) is 2.14. The summed E-state index contributed by atoms with van der Waals surface area (Å²) in [6, 6.07) is 3.43. The molecule has 0 amide bonds. The fraction of sp³-hybridized carbons (Fsp3) is 0.417. The number of hydrogen-bond acceptors (Lipinski definition) is 2. The molecule has 1 aromatic heterocycles. The van der Waals surface area contributed by atoms with Crippen molar-refractivity contribution in [3.63, 3.8) is 0 Å². The van der Waals surface area contributed by atoms with Gasteiger partial charge in [0.15, 0.2) is 11.5 Å². The van der Waals surface area contributed by atoms with E-state index < -0.39 is 0 Å². The molecule has 4 heteroatoms. The van der Waals surface area contributed by atoms with Gasteiger partial charge in [-0.25, -0.2) is 4.98 Å². The van der Waals surface area contributed by atoms with Gasteiger partial charge >= 0.3 is 0 Å². The molecule has 0 aliphatic rings. The predicted molar refractivity (Wildman–Crippen MR) is 67.2 cm³/mol. The third-order valence-corrected chi connectivity index (χ3v) is 2.63. The Hall–Kier alpha value is -0.730. The van der Waals surface area contributed by atoms with E-state index >= 15 is 0 Å². The van der Waals surface area contributed by atoms with E-state index in [-0.39, 0.29) is 5.41 Å². The highest BCUT2D eigenvalue weighted by atomic mass is 35.5. The maximum Gasteiger partial charge on any atom is 0.196 e. The second-order valence-electron chi connectivity index (χ2n) is 5.08. The summed E-state index contributed by atoms with van der Waals surface area (Å²) in [5.41, 5.74) is 1.47. The summed E-state index contributed by atoms with van der Waals surface area (Å²) in [6.07, 6.45) is 0.773. The Morgan fingerprint density at radius 1 is 1.25 bits per heavy atom. The van der Waals surface area contributed by atoms with Crippen LogP contribution in [0.5, 0.6) is 0 Å². The number of hydrogen-bond donors (Lipinski definition) is 0. The molecule has 0 saturated heterocycles. The van der Waals surface area contributed by atoms with E-state index in [1.807, 2.05) is 0 Å². The average Bonchev–Trinajstić information content (AvgIpc) is 2.43. The van der Waals surface area contributed by atoms with Crippen molar-refractivity contribution in [1.82, 2.24) is 4.98 Å². The van der Waals surface area contributed by atoms with Crippen LogP contribution in [0, 0.1) is 5.41 Å². The molecule has 2 rings (SSSR count). The van der Waals surface area contributed by atoms with Crippen molar-refractivity contribution in [2.24, 2.45) is 5.41 Å². The fourth-order valence-corrected chi connectivity index (χ4v) is 2.06. The topological polar surface area (TPSA) is 26.0 Å². The van der Waals surface area contributed by atoms with Crippen LogP contribution in [0.3, 0.4) is 0 Å². The Morgan fingerprint density at radius 2 is 1.94 bits per heavy atom. The molecule has 16 heavy (non-hydrogen) atoms. The first-order valence-corrected chi connectivity index (χ1v) is 5.85. The number of halogens is 2. The van der Waals surface area contributed by atoms with Crippen molar-refractivity contribution < 1.29 is 4.42 Å². The Morgan fingerprint density at radius 3 is 2.56 bits per heavy atom. The molecule has 0 aliphatic carbocycles. The maximum absolute atomic E-state index is 6.03. The van der Waals surface area contributed by atoms with Crippen molar-refractivity contribution in [3.05, 3.63) is 28.1 Å². The lowest BCUT2D eigenvalue weighted by Gasteiger charge is -2.14. The van der Waals surface area contributed by atoms with Crippen molar-refractivity contribution >= 4 is 34.3 Å². The molecular weight excluding hydrogens is 245 g/mol. The molecule has 2 nitrogen and oxygen atoms in total. The summed E-state index contributed by atoms with van der Waals surface area (Å²) >= 11 is 11.9. The van der Waals surface area contributed by atoms with Crippen LogP contribution in [-0.4, -0.2) is 4.98 Å². The lowest BCUT2D eigenvalue weighted by Crippen LogP contribution is -2.09. The lowest BCUT2D eigenvalue weighted by molar-refractivity contribution is 0.362. The van der Waals surface area contributed by atoms with Gasteiger partial charge in [-0.1, -0.05) is 44.0 Å². The molecule has 86 valence electrons. The fourth-order valence-electron chi connectivity index (χ4n) is 1.54. The Bertz CT molecular complexity index is 526. The van der Waals surface area contributed by atoms with Crippen LogP contribution < -0.4 is 0 Å². The van der Waals surface area contributed by atoms with Gasteiger partial charge in [-0.3, -0.25) is 0 Å². The van der Waals surface area contributed by atoms with E-state index in [0.29, 0.717) is 21.5 Å². The van der Waals surface area contributed by atoms with E-state index in [4.69, 9.17) is 27.6 Å². The normalized spacial score (nSPS) is 12.3. The molecule has 0 unspecified atom stereocenters. The van der Waals surface area contributed by atoms with Crippen molar-refractivity contribution in [2.75, 3.05) is 0 Å². The van der Waals surface area contributed by atoms with Gasteiger partial charge in [-0.15, -0.1) is 0 Å². The van der Waals surface area contributed by atoms with Gasteiger partial charge in [0.05, 0.1) is 5.02 Å². The average molecular weight is 258 g/mol. The van der Waals surface area contributed by atoms with Crippen LogP contribution in [0.4, 0.5) is 0 Å². The minimum absolute atomic E-state index is 0.136. The summed E-state index contributed by atoms with van der Waals surface area (Å²) in [5, 5.41) is 1.09. The summed E-state index contributed by atoms with van der Waals surface area (Å²) in [6.45, 7) is 6.41. The van der Waals surface area contributed by atoms with Crippen molar-refractivity contribution in [3.8, 4) is 0 Å². The molecule has 0 atom stereocenters. The van der Waals surface area contributed by atoms with E-state index in [9.17, 15) is 0 Å². The first-order valence-electron chi connectivity index (χ1n) is 5.10. The van der Waals surface area contributed by atoms with E-state index in [2.05, 4.69) is 25.8 Å². The van der Waals surface area contributed by atoms with E-state index in [0.717, 1.165) is 11.9 Å². The first kappa shape index (κ1) is 11.7. The van der Waals surface area contributed by atoms with Crippen LogP contribution in [0.1, 0.15) is 26.7 Å². The second-order valence-corrected chi connectivity index (χ2v) is 5.92. The molecule has 1 aromatic carbocycles. The Kier molecular flexibility index (Phi) is 2.89. The number of benzene rings is 1. The zero-order valence-electron chi connectivity index (χ0n) is 9.47. The van der Waals surface area contributed by atoms with Gasteiger partial charge in [0.2, 0.25) is 0 Å². The van der Waals surface area contributed by atoms with Crippen molar-refractivity contribution in [1.29, 1.82) is 0 Å². The summed E-state index contributed by atoms with van der Waals surface area (Å²) in [4.78, 5) is 4.38. The highest BCUT2D eigenvalue weighted by Gasteiger charge is 2.17. The van der Waals surface area contributed by atoms with Gasteiger partial charge < -0.3 is 4.42 Å². The van der Waals surface area contributed by atoms with Gasteiger partial charge in [0.1, 0.15) is 5.52 Å². The van der Waals surface area contributed by atoms with E-state index in [1.54, 1.807) is 12.1 Å². The first-order chi connectivity index (χ1) is 7.35. The zero-order chi connectivity index (χ0) is 11.9. The smallest absolute Gasteiger partial charge is 0.196 e. The number of oxazole rings is 1. The predicted octanol–water partition coefficient (Wildman–Crippen LogP) is 4.72. The highest BCUT2D eigenvalue weighted by Crippen LogP contribution is 2.30. The SMILES string of the molecule is CC(C)(C)Cc1nc2cc(Cl)cc(Cl)c2o1. The number of nitrogens with zero attached hydrogens (tertiary/aromatic N) is 1. The molecule has 0 spiro atoms. The van der Waals surface area contributed by atoms with Gasteiger partial charge in [0, 0.05) is 11.4 Å². The Balaban J connectivity index is 2.48. The van der Waals surface area contributed by atoms with Gasteiger partial charge in [-0.05, 0) is 17.5 Å². The molecule has 0 N–H and O–H groups in total. The largest absolute Gasteiger partial charge is 0.439 e. The number of aromatic nitrogens is 1. The lowest BCUT2D eigenvalue weighted by atomic mass is 9.92. The zero-order valence-corrected chi connectivity index (χ0v) is 11.0. The summed E-state index contributed by atoms with van der Waals surface area (Å²) < 4.78 is 5.63. The molecular formula is C12H13Cl2NO. The number of fused-ring (bicyclic) bond motifs is 1. The monoisotopic (exact) mass is 257 g/mol. The second kappa shape index (κ2) is 3.94. The van der Waals surface area contributed by atoms with Crippen LogP contribution >= 0.6 is 23.2 Å². The third kappa shape index (κ3) is 2.50. The van der Waals surface area contributed by atoms with Crippen LogP contribution in [0.15, 0.2) is 16.5 Å². The van der Waals surface area contributed by atoms with E-state index in [1.165, 1.54) is 0 Å². The molecule has 0 saturated carbocycles.